The number of carbonyl (C=O) groups is 3. The van der Waals surface area contributed by atoms with E-state index in [2.05, 4.69) is 10.6 Å². The number of nitrogens with one attached hydrogen (secondary N) is 2. The lowest BCUT2D eigenvalue weighted by atomic mass is 10.1. The SMILES string of the molecule is O=C(O)CCCNC(=O)c1ccc(CNC(=O)C2CCCO2)cc1. The highest BCUT2D eigenvalue weighted by Crippen LogP contribution is 2.12. The van der Waals surface area contributed by atoms with Gasteiger partial charge >= 0.3 is 5.97 Å². The van der Waals surface area contributed by atoms with Crippen LogP contribution in [-0.4, -0.2) is 42.1 Å². The smallest absolute Gasteiger partial charge is 0.303 e. The van der Waals surface area contributed by atoms with E-state index < -0.39 is 5.97 Å². The van der Waals surface area contributed by atoms with E-state index in [9.17, 15) is 14.4 Å². The van der Waals surface area contributed by atoms with E-state index in [1.54, 1.807) is 24.3 Å². The minimum Gasteiger partial charge on any atom is -0.481 e. The zero-order chi connectivity index (χ0) is 17.4. The first-order valence-electron chi connectivity index (χ1n) is 8.04. The van der Waals surface area contributed by atoms with Crippen molar-refractivity contribution in [2.75, 3.05) is 13.2 Å². The molecule has 1 heterocycles. The minimum atomic E-state index is -0.876. The van der Waals surface area contributed by atoms with Crippen LogP contribution >= 0.6 is 0 Å². The summed E-state index contributed by atoms with van der Waals surface area (Å²) in [6.07, 6.45) is 1.75. The van der Waals surface area contributed by atoms with E-state index in [0.29, 0.717) is 31.7 Å². The summed E-state index contributed by atoms with van der Waals surface area (Å²) < 4.78 is 5.31. The van der Waals surface area contributed by atoms with Gasteiger partial charge in [-0.3, -0.25) is 14.4 Å². The van der Waals surface area contributed by atoms with Crippen molar-refractivity contribution in [2.24, 2.45) is 0 Å². The number of carbonyl (C=O) groups excluding carboxylic acids is 2. The highest BCUT2D eigenvalue weighted by molar-refractivity contribution is 5.94. The number of ether oxygens (including phenoxy) is 1. The zero-order valence-electron chi connectivity index (χ0n) is 13.4. The maximum Gasteiger partial charge on any atom is 0.303 e. The summed E-state index contributed by atoms with van der Waals surface area (Å²) in [6, 6.07) is 6.92. The quantitative estimate of drug-likeness (QED) is 0.617. The molecule has 130 valence electrons. The third-order valence-electron chi connectivity index (χ3n) is 3.76. The van der Waals surface area contributed by atoms with E-state index in [1.807, 2.05) is 0 Å². The third kappa shape index (κ3) is 5.66. The van der Waals surface area contributed by atoms with Crippen molar-refractivity contribution < 1.29 is 24.2 Å². The Hall–Kier alpha value is -2.41. The number of benzene rings is 1. The summed E-state index contributed by atoms with van der Waals surface area (Å²) in [5.41, 5.74) is 1.39. The van der Waals surface area contributed by atoms with Crippen molar-refractivity contribution in [1.82, 2.24) is 10.6 Å². The fraction of sp³-hybridized carbons (Fsp3) is 0.471. The molecular formula is C17H22N2O5. The first kappa shape index (κ1) is 17.9. The van der Waals surface area contributed by atoms with Crippen molar-refractivity contribution in [1.29, 1.82) is 0 Å². The lowest BCUT2D eigenvalue weighted by Gasteiger charge is -2.10. The number of carboxylic acid groups (broad SMARTS) is 1. The van der Waals surface area contributed by atoms with Gasteiger partial charge in [0.25, 0.3) is 5.91 Å². The maximum absolute atomic E-state index is 11.9. The van der Waals surface area contributed by atoms with Gasteiger partial charge in [0.05, 0.1) is 0 Å². The Labute approximate surface area is 140 Å². The molecule has 1 aromatic carbocycles. The highest BCUT2D eigenvalue weighted by Gasteiger charge is 2.22. The largest absolute Gasteiger partial charge is 0.481 e. The van der Waals surface area contributed by atoms with Crippen molar-refractivity contribution in [2.45, 2.75) is 38.3 Å². The van der Waals surface area contributed by atoms with E-state index in [0.717, 1.165) is 18.4 Å². The van der Waals surface area contributed by atoms with Crippen LogP contribution in [0.3, 0.4) is 0 Å². The molecule has 0 aliphatic carbocycles. The van der Waals surface area contributed by atoms with Crippen LogP contribution in [0.5, 0.6) is 0 Å². The Morgan fingerprint density at radius 2 is 1.92 bits per heavy atom. The van der Waals surface area contributed by atoms with Gasteiger partial charge in [-0.15, -0.1) is 0 Å². The van der Waals surface area contributed by atoms with Crippen LogP contribution in [0.2, 0.25) is 0 Å². The molecule has 7 nitrogen and oxygen atoms in total. The summed E-state index contributed by atoms with van der Waals surface area (Å²) in [6.45, 7) is 1.35. The van der Waals surface area contributed by atoms with E-state index >= 15 is 0 Å². The molecule has 0 saturated carbocycles. The van der Waals surface area contributed by atoms with Gasteiger partial charge in [0.1, 0.15) is 6.10 Å². The first-order chi connectivity index (χ1) is 11.6. The molecule has 3 N–H and O–H groups in total. The van der Waals surface area contributed by atoms with Gasteiger partial charge in [0.2, 0.25) is 5.91 Å². The first-order valence-corrected chi connectivity index (χ1v) is 8.04. The lowest BCUT2D eigenvalue weighted by Crippen LogP contribution is -2.33. The molecule has 0 spiro atoms. The van der Waals surface area contributed by atoms with E-state index in [-0.39, 0.29) is 24.3 Å². The second-order valence-electron chi connectivity index (χ2n) is 5.67. The fourth-order valence-electron chi connectivity index (χ4n) is 2.41. The fourth-order valence-corrected chi connectivity index (χ4v) is 2.41. The molecule has 1 atom stereocenters. The number of amides is 2. The predicted octanol–water partition coefficient (Wildman–Crippen LogP) is 1.08. The molecular weight excluding hydrogens is 312 g/mol. The van der Waals surface area contributed by atoms with Crippen LogP contribution in [0.15, 0.2) is 24.3 Å². The standard InChI is InChI=1S/C17H22N2O5/c20-15(21)4-1-9-18-16(22)13-7-5-12(6-8-13)11-19-17(23)14-3-2-10-24-14/h5-8,14H,1-4,9-11H2,(H,18,22)(H,19,23)(H,20,21). The molecule has 0 radical (unpaired) electrons. The van der Waals surface area contributed by atoms with E-state index in [1.165, 1.54) is 0 Å². The summed E-state index contributed by atoms with van der Waals surface area (Å²) in [5.74, 6) is -1.22. The van der Waals surface area contributed by atoms with Crippen LogP contribution in [-0.2, 0) is 20.9 Å². The third-order valence-corrected chi connectivity index (χ3v) is 3.76. The van der Waals surface area contributed by atoms with Crippen molar-refractivity contribution >= 4 is 17.8 Å². The lowest BCUT2D eigenvalue weighted by molar-refractivity contribution is -0.137. The van der Waals surface area contributed by atoms with Gasteiger partial charge in [-0.05, 0) is 37.0 Å². The average Bonchev–Trinajstić information content (AvgIpc) is 3.11. The van der Waals surface area contributed by atoms with Crippen molar-refractivity contribution in [3.05, 3.63) is 35.4 Å². The van der Waals surface area contributed by atoms with Gasteiger partial charge < -0.3 is 20.5 Å². The molecule has 1 aliphatic rings. The van der Waals surface area contributed by atoms with Gasteiger partial charge in [-0.1, -0.05) is 12.1 Å². The van der Waals surface area contributed by atoms with Gasteiger partial charge in [-0.25, -0.2) is 0 Å². The van der Waals surface area contributed by atoms with Crippen molar-refractivity contribution in [3.8, 4) is 0 Å². The Morgan fingerprint density at radius 3 is 2.54 bits per heavy atom. The normalized spacial score (nSPS) is 16.6. The second kappa shape index (κ2) is 9.02. The molecule has 24 heavy (non-hydrogen) atoms. The summed E-state index contributed by atoms with van der Waals surface area (Å²) >= 11 is 0. The summed E-state index contributed by atoms with van der Waals surface area (Å²) in [4.78, 5) is 34.1. The minimum absolute atomic E-state index is 0.0314. The average molecular weight is 334 g/mol. The van der Waals surface area contributed by atoms with Crippen LogP contribution in [0, 0.1) is 0 Å². The van der Waals surface area contributed by atoms with E-state index in [4.69, 9.17) is 9.84 Å². The Morgan fingerprint density at radius 1 is 1.17 bits per heavy atom. The van der Waals surface area contributed by atoms with Gasteiger partial charge in [0.15, 0.2) is 0 Å². The summed E-state index contributed by atoms with van der Waals surface area (Å²) in [5, 5.41) is 14.0. The van der Waals surface area contributed by atoms with Crippen molar-refractivity contribution in [3.63, 3.8) is 0 Å². The number of rotatable bonds is 8. The molecule has 1 aromatic rings. The molecule has 1 saturated heterocycles. The highest BCUT2D eigenvalue weighted by atomic mass is 16.5. The zero-order valence-corrected chi connectivity index (χ0v) is 13.4. The number of hydrogen-bond donors (Lipinski definition) is 3. The van der Waals surface area contributed by atoms with Crippen LogP contribution < -0.4 is 10.6 Å². The monoisotopic (exact) mass is 334 g/mol. The molecule has 1 unspecified atom stereocenters. The number of hydrogen-bond acceptors (Lipinski definition) is 4. The Bertz CT molecular complexity index is 579. The second-order valence-corrected chi connectivity index (χ2v) is 5.67. The van der Waals surface area contributed by atoms with Gasteiger partial charge in [0, 0.05) is 31.7 Å². The molecule has 1 aliphatic heterocycles. The topological polar surface area (TPSA) is 105 Å². The summed E-state index contributed by atoms with van der Waals surface area (Å²) in [7, 11) is 0. The predicted molar refractivity (Wildman–Crippen MR) is 86.5 cm³/mol. The molecule has 2 rings (SSSR count). The molecule has 0 aromatic heterocycles. The van der Waals surface area contributed by atoms with Crippen LogP contribution in [0.4, 0.5) is 0 Å². The Kier molecular flexibility index (Phi) is 6.74. The maximum atomic E-state index is 11.9. The van der Waals surface area contributed by atoms with Crippen LogP contribution in [0.1, 0.15) is 41.6 Å². The Balaban J connectivity index is 1.74. The molecule has 7 heteroatoms. The van der Waals surface area contributed by atoms with Crippen LogP contribution in [0.25, 0.3) is 0 Å². The van der Waals surface area contributed by atoms with Gasteiger partial charge in [-0.2, -0.15) is 0 Å². The molecule has 1 fully saturated rings. The molecule has 0 bridgehead atoms. The number of aliphatic carboxylic acids is 1. The number of carboxylic acids is 1. The molecule has 2 amide bonds.